The van der Waals surface area contributed by atoms with Crippen molar-refractivity contribution < 1.29 is 26.8 Å². The summed E-state index contributed by atoms with van der Waals surface area (Å²) in [4.78, 5) is 25.4. The van der Waals surface area contributed by atoms with Crippen LogP contribution in [0.3, 0.4) is 0 Å². The topological polar surface area (TPSA) is 98.8 Å². The van der Waals surface area contributed by atoms with Gasteiger partial charge in [-0.2, -0.15) is 4.31 Å². The van der Waals surface area contributed by atoms with Gasteiger partial charge in [0.1, 0.15) is 11.6 Å². The number of piperazine rings is 1. The Morgan fingerprint density at radius 3 is 2.24 bits per heavy atom. The lowest BCUT2D eigenvalue weighted by Crippen LogP contribution is -2.50. The van der Waals surface area contributed by atoms with Crippen LogP contribution < -0.4 is 10.6 Å². The Morgan fingerprint density at radius 1 is 0.970 bits per heavy atom. The quantitative estimate of drug-likeness (QED) is 0.633. The maximum Gasteiger partial charge on any atom is 0.251 e. The molecule has 1 aliphatic heterocycles. The molecule has 2 aromatic rings. The van der Waals surface area contributed by atoms with Gasteiger partial charge in [0, 0.05) is 43.5 Å². The summed E-state index contributed by atoms with van der Waals surface area (Å²) in [7, 11) is -4.32. The summed E-state index contributed by atoms with van der Waals surface area (Å²) < 4.78 is 54.3. The zero-order valence-electron chi connectivity index (χ0n) is 17.8. The SMILES string of the molecule is O=C(CN1CCN(S(=O)(=O)c2c(F)cccc2F)CC1)Nc1cccc(C(=O)NC2CC2)c1. The van der Waals surface area contributed by atoms with E-state index in [1.54, 1.807) is 29.2 Å². The van der Waals surface area contributed by atoms with Crippen molar-refractivity contribution in [3.05, 3.63) is 59.7 Å². The Bertz CT molecular complexity index is 1140. The van der Waals surface area contributed by atoms with Gasteiger partial charge < -0.3 is 10.6 Å². The molecule has 1 heterocycles. The summed E-state index contributed by atoms with van der Waals surface area (Å²) in [5.41, 5.74) is 0.943. The van der Waals surface area contributed by atoms with Crippen molar-refractivity contribution >= 4 is 27.5 Å². The fraction of sp³-hybridized carbons (Fsp3) is 0.364. The van der Waals surface area contributed by atoms with E-state index in [1.165, 1.54) is 0 Å². The Kier molecular flexibility index (Phi) is 6.73. The first-order chi connectivity index (χ1) is 15.7. The van der Waals surface area contributed by atoms with Crippen LogP contribution >= 0.6 is 0 Å². The molecule has 33 heavy (non-hydrogen) atoms. The number of hydrogen-bond acceptors (Lipinski definition) is 5. The Balaban J connectivity index is 1.31. The fourth-order valence-electron chi connectivity index (χ4n) is 3.62. The van der Waals surface area contributed by atoms with Gasteiger partial charge in [-0.05, 0) is 43.2 Å². The van der Waals surface area contributed by atoms with E-state index in [9.17, 15) is 26.8 Å². The highest BCUT2D eigenvalue weighted by Gasteiger charge is 2.33. The van der Waals surface area contributed by atoms with E-state index in [1.807, 2.05) is 0 Å². The molecule has 8 nitrogen and oxygen atoms in total. The van der Waals surface area contributed by atoms with Gasteiger partial charge in [-0.15, -0.1) is 0 Å². The van der Waals surface area contributed by atoms with Crippen molar-refractivity contribution in [2.24, 2.45) is 0 Å². The molecule has 176 valence electrons. The zero-order chi connectivity index (χ0) is 23.6. The molecule has 2 fully saturated rings. The highest BCUT2D eigenvalue weighted by atomic mass is 32.2. The summed E-state index contributed by atoms with van der Waals surface area (Å²) in [6.07, 6.45) is 1.96. The lowest BCUT2D eigenvalue weighted by atomic mass is 10.2. The average molecular weight is 479 g/mol. The van der Waals surface area contributed by atoms with Gasteiger partial charge in [-0.25, -0.2) is 17.2 Å². The number of rotatable bonds is 7. The molecule has 1 aliphatic carbocycles. The first-order valence-corrected chi connectivity index (χ1v) is 12.1. The van der Waals surface area contributed by atoms with Crippen LogP contribution in [0.2, 0.25) is 0 Å². The van der Waals surface area contributed by atoms with Crippen molar-refractivity contribution in [3.8, 4) is 0 Å². The number of nitrogens with zero attached hydrogens (tertiary/aromatic N) is 2. The maximum atomic E-state index is 14.0. The largest absolute Gasteiger partial charge is 0.349 e. The van der Waals surface area contributed by atoms with Gasteiger partial charge in [-0.3, -0.25) is 14.5 Å². The molecule has 0 spiro atoms. The summed E-state index contributed by atoms with van der Waals surface area (Å²) in [6.45, 7) is 0.472. The molecular formula is C22H24F2N4O4S. The molecule has 2 aromatic carbocycles. The minimum atomic E-state index is -4.32. The van der Waals surface area contributed by atoms with E-state index in [4.69, 9.17) is 0 Å². The standard InChI is InChI=1S/C22H24F2N4O4S/c23-18-5-2-6-19(24)21(18)33(31,32)28-11-9-27(10-12-28)14-20(29)25-17-4-1-3-15(13-17)22(30)26-16-7-8-16/h1-6,13,16H,7-12,14H2,(H,25,29)(H,26,30). The van der Waals surface area contributed by atoms with Crippen LogP contribution in [0, 0.1) is 11.6 Å². The van der Waals surface area contributed by atoms with E-state index in [-0.39, 0.29) is 50.6 Å². The Labute approximate surface area is 190 Å². The molecule has 4 rings (SSSR count). The predicted molar refractivity (Wildman–Crippen MR) is 117 cm³/mol. The fourth-order valence-corrected chi connectivity index (χ4v) is 5.16. The third kappa shape index (κ3) is 5.55. The molecule has 0 unspecified atom stereocenters. The third-order valence-electron chi connectivity index (χ3n) is 5.54. The monoisotopic (exact) mass is 478 g/mol. The van der Waals surface area contributed by atoms with E-state index in [2.05, 4.69) is 10.6 Å². The molecule has 0 bridgehead atoms. The van der Waals surface area contributed by atoms with Crippen molar-refractivity contribution in [1.29, 1.82) is 0 Å². The van der Waals surface area contributed by atoms with Crippen LogP contribution in [0.25, 0.3) is 0 Å². The van der Waals surface area contributed by atoms with Crippen molar-refractivity contribution in [3.63, 3.8) is 0 Å². The molecule has 1 saturated heterocycles. The number of nitrogens with one attached hydrogen (secondary N) is 2. The number of amides is 2. The molecule has 2 amide bonds. The van der Waals surface area contributed by atoms with Crippen molar-refractivity contribution in [1.82, 2.24) is 14.5 Å². The Morgan fingerprint density at radius 2 is 1.61 bits per heavy atom. The van der Waals surface area contributed by atoms with Crippen LogP contribution in [0.5, 0.6) is 0 Å². The van der Waals surface area contributed by atoms with E-state index in [0.29, 0.717) is 11.3 Å². The van der Waals surface area contributed by atoms with Gasteiger partial charge in [0.2, 0.25) is 15.9 Å². The summed E-state index contributed by atoms with van der Waals surface area (Å²) >= 11 is 0. The molecule has 11 heteroatoms. The second-order valence-corrected chi connectivity index (χ2v) is 9.98. The van der Waals surface area contributed by atoms with Gasteiger partial charge in [0.05, 0.1) is 6.54 Å². The van der Waals surface area contributed by atoms with Crippen LogP contribution in [-0.4, -0.2) is 68.2 Å². The maximum absolute atomic E-state index is 14.0. The molecule has 0 radical (unpaired) electrons. The molecular weight excluding hydrogens is 454 g/mol. The summed E-state index contributed by atoms with van der Waals surface area (Å²) in [5.74, 6) is -2.77. The molecule has 2 N–H and O–H groups in total. The highest BCUT2D eigenvalue weighted by Crippen LogP contribution is 2.24. The van der Waals surface area contributed by atoms with Gasteiger partial charge >= 0.3 is 0 Å². The van der Waals surface area contributed by atoms with E-state index < -0.39 is 26.6 Å². The van der Waals surface area contributed by atoms with Crippen LogP contribution in [0.15, 0.2) is 47.4 Å². The molecule has 2 aliphatic rings. The highest BCUT2D eigenvalue weighted by molar-refractivity contribution is 7.89. The van der Waals surface area contributed by atoms with Crippen LogP contribution in [-0.2, 0) is 14.8 Å². The number of anilines is 1. The lowest BCUT2D eigenvalue weighted by Gasteiger charge is -2.33. The number of carbonyl (C=O) groups excluding carboxylic acids is 2. The van der Waals surface area contributed by atoms with E-state index in [0.717, 1.165) is 35.3 Å². The third-order valence-corrected chi connectivity index (χ3v) is 7.49. The van der Waals surface area contributed by atoms with Crippen molar-refractivity contribution in [2.45, 2.75) is 23.8 Å². The molecule has 0 atom stereocenters. The van der Waals surface area contributed by atoms with Gasteiger partial charge in [-0.1, -0.05) is 12.1 Å². The number of sulfonamides is 1. The second-order valence-electron chi connectivity index (χ2n) is 8.11. The average Bonchev–Trinajstić information content (AvgIpc) is 3.58. The number of carbonyl (C=O) groups is 2. The zero-order valence-corrected chi connectivity index (χ0v) is 18.6. The summed E-state index contributed by atoms with van der Waals surface area (Å²) in [5, 5.41) is 5.63. The minimum Gasteiger partial charge on any atom is -0.349 e. The second kappa shape index (κ2) is 9.54. The number of halogens is 2. The molecule has 1 saturated carbocycles. The normalized spacial score (nSPS) is 17.5. The predicted octanol–water partition coefficient (Wildman–Crippen LogP) is 1.80. The molecule has 0 aromatic heterocycles. The number of benzene rings is 2. The van der Waals surface area contributed by atoms with Crippen LogP contribution in [0.1, 0.15) is 23.2 Å². The van der Waals surface area contributed by atoms with Crippen molar-refractivity contribution in [2.75, 3.05) is 38.0 Å². The first kappa shape index (κ1) is 23.3. The lowest BCUT2D eigenvalue weighted by molar-refractivity contribution is -0.117. The smallest absolute Gasteiger partial charge is 0.251 e. The number of hydrogen-bond donors (Lipinski definition) is 2. The van der Waals surface area contributed by atoms with Gasteiger partial charge in [0.15, 0.2) is 4.90 Å². The van der Waals surface area contributed by atoms with E-state index >= 15 is 0 Å². The Hall–Kier alpha value is -2.89. The van der Waals surface area contributed by atoms with Crippen LogP contribution in [0.4, 0.5) is 14.5 Å². The first-order valence-electron chi connectivity index (χ1n) is 10.6. The summed E-state index contributed by atoms with van der Waals surface area (Å²) in [6, 6.07) is 9.78. The van der Waals surface area contributed by atoms with Gasteiger partial charge in [0.25, 0.3) is 5.91 Å². The minimum absolute atomic E-state index is 0.000209.